The molecule has 1 heterocycles. The number of carbonyl (C=O) groups is 1. The van der Waals surface area contributed by atoms with Crippen LogP contribution in [0, 0.1) is 0 Å². The molecule has 116 valence electrons. The third kappa shape index (κ3) is 3.60. The maximum Gasteiger partial charge on any atom is 0.209 e. The van der Waals surface area contributed by atoms with E-state index in [4.69, 9.17) is 4.74 Å². The van der Waals surface area contributed by atoms with Gasteiger partial charge in [-0.1, -0.05) is 42.1 Å². The average Bonchev–Trinajstić information content (AvgIpc) is 3.09. The summed E-state index contributed by atoms with van der Waals surface area (Å²) >= 11 is 1.31. The Morgan fingerprint density at radius 1 is 1.13 bits per heavy atom. The van der Waals surface area contributed by atoms with E-state index in [9.17, 15) is 4.79 Å². The number of rotatable bonds is 6. The molecule has 0 unspecified atom stereocenters. The number of ketones is 1. The number of hydrogen-bond acceptors (Lipinski definition) is 5. The molecule has 0 aliphatic carbocycles. The Labute approximate surface area is 138 Å². The molecule has 0 amide bonds. The third-order valence-electron chi connectivity index (χ3n) is 3.23. The van der Waals surface area contributed by atoms with Crippen LogP contribution in [0.4, 0.5) is 0 Å². The normalized spacial score (nSPS) is 10.5. The zero-order chi connectivity index (χ0) is 16.1. The van der Waals surface area contributed by atoms with Gasteiger partial charge in [0.15, 0.2) is 5.78 Å². The van der Waals surface area contributed by atoms with Crippen molar-refractivity contribution in [1.82, 2.24) is 14.8 Å². The van der Waals surface area contributed by atoms with E-state index in [2.05, 4.69) is 10.1 Å². The summed E-state index contributed by atoms with van der Waals surface area (Å²) in [6.45, 7) is 0. The molecule has 3 aromatic rings. The molecule has 0 aliphatic heterocycles. The number of Topliss-reactive ketones (excluding diaryl/α,β-unsaturated/α-hetero) is 1. The fourth-order valence-corrected chi connectivity index (χ4v) is 2.79. The molecule has 3 rings (SSSR count). The number of thioether (sulfide) groups is 1. The number of hydrogen-bond donors (Lipinski definition) is 0. The molecule has 0 atom stereocenters. The molecule has 0 saturated heterocycles. The van der Waals surface area contributed by atoms with Gasteiger partial charge in [-0.3, -0.25) is 4.79 Å². The third-order valence-corrected chi connectivity index (χ3v) is 4.08. The fourth-order valence-electron chi connectivity index (χ4n) is 2.10. The maximum absolute atomic E-state index is 12.3. The van der Waals surface area contributed by atoms with Crippen molar-refractivity contribution in [2.24, 2.45) is 0 Å². The highest BCUT2D eigenvalue weighted by molar-refractivity contribution is 7.99. The molecule has 0 saturated carbocycles. The minimum absolute atomic E-state index is 0.0106. The Morgan fingerprint density at radius 3 is 2.65 bits per heavy atom. The van der Waals surface area contributed by atoms with Gasteiger partial charge in [-0.25, -0.2) is 9.67 Å². The van der Waals surface area contributed by atoms with Crippen LogP contribution in [0.15, 0.2) is 66.1 Å². The molecule has 0 radical (unpaired) electrons. The second-order valence-corrected chi connectivity index (χ2v) is 5.66. The minimum atomic E-state index is -0.0106. The summed E-state index contributed by atoms with van der Waals surface area (Å²) in [6, 6.07) is 16.9. The van der Waals surface area contributed by atoms with Crippen molar-refractivity contribution in [3.63, 3.8) is 0 Å². The van der Waals surface area contributed by atoms with Crippen LogP contribution in [0.5, 0.6) is 5.75 Å². The number of carbonyl (C=O) groups excluding carboxylic acids is 1. The van der Waals surface area contributed by atoms with Crippen LogP contribution < -0.4 is 4.74 Å². The van der Waals surface area contributed by atoms with Crippen LogP contribution in [0.2, 0.25) is 0 Å². The summed E-state index contributed by atoms with van der Waals surface area (Å²) in [5.41, 5.74) is 1.51. The molecule has 0 fully saturated rings. The molecule has 0 aliphatic rings. The summed E-state index contributed by atoms with van der Waals surface area (Å²) in [4.78, 5) is 16.5. The first kappa shape index (κ1) is 15.3. The molecule has 1 aromatic heterocycles. The van der Waals surface area contributed by atoms with Crippen LogP contribution in [0.1, 0.15) is 10.4 Å². The van der Waals surface area contributed by atoms with E-state index in [1.165, 1.54) is 11.8 Å². The Balaban J connectivity index is 1.67. The van der Waals surface area contributed by atoms with Crippen molar-refractivity contribution in [3.8, 4) is 11.4 Å². The largest absolute Gasteiger partial charge is 0.496 e. The Bertz CT molecular complexity index is 802. The number of para-hydroxylation sites is 2. The van der Waals surface area contributed by atoms with Crippen LogP contribution in [0.25, 0.3) is 5.69 Å². The van der Waals surface area contributed by atoms with E-state index in [-0.39, 0.29) is 11.5 Å². The number of benzene rings is 2. The molecule has 0 bridgehead atoms. The molecule has 0 N–H and O–H groups in total. The smallest absolute Gasteiger partial charge is 0.209 e. The fraction of sp³-hybridized carbons (Fsp3) is 0.118. The first-order chi connectivity index (χ1) is 11.3. The van der Waals surface area contributed by atoms with Gasteiger partial charge in [0, 0.05) is 0 Å². The zero-order valence-electron chi connectivity index (χ0n) is 12.5. The van der Waals surface area contributed by atoms with Crippen molar-refractivity contribution in [2.45, 2.75) is 5.16 Å². The lowest BCUT2D eigenvalue weighted by Crippen LogP contribution is -2.05. The second kappa shape index (κ2) is 7.11. The predicted octanol–water partition coefficient (Wildman–Crippen LogP) is 3.25. The van der Waals surface area contributed by atoms with Crippen molar-refractivity contribution in [1.29, 1.82) is 0 Å². The van der Waals surface area contributed by atoms with Crippen LogP contribution in [-0.2, 0) is 0 Å². The maximum atomic E-state index is 12.3. The molecule has 5 nitrogen and oxygen atoms in total. The van der Waals surface area contributed by atoms with Crippen LogP contribution >= 0.6 is 11.8 Å². The molecular formula is C17H15N3O2S. The van der Waals surface area contributed by atoms with Crippen molar-refractivity contribution < 1.29 is 9.53 Å². The predicted molar refractivity (Wildman–Crippen MR) is 89.4 cm³/mol. The van der Waals surface area contributed by atoms with Gasteiger partial charge in [0.2, 0.25) is 5.16 Å². The SMILES string of the molecule is COc1ccccc1C(=O)CSc1ncn(-c2ccccc2)n1. The van der Waals surface area contributed by atoms with E-state index in [1.807, 2.05) is 42.5 Å². The van der Waals surface area contributed by atoms with E-state index in [0.29, 0.717) is 16.5 Å². The van der Waals surface area contributed by atoms with Gasteiger partial charge in [0.1, 0.15) is 12.1 Å². The van der Waals surface area contributed by atoms with Crippen molar-refractivity contribution >= 4 is 17.5 Å². The molecule has 0 spiro atoms. The van der Waals surface area contributed by atoms with Crippen molar-refractivity contribution in [2.75, 3.05) is 12.9 Å². The van der Waals surface area contributed by atoms with Gasteiger partial charge in [-0.05, 0) is 24.3 Å². The van der Waals surface area contributed by atoms with Crippen LogP contribution in [0.3, 0.4) is 0 Å². The van der Waals surface area contributed by atoms with Gasteiger partial charge in [-0.2, -0.15) is 0 Å². The highest BCUT2D eigenvalue weighted by Crippen LogP contribution is 2.21. The van der Waals surface area contributed by atoms with Gasteiger partial charge in [-0.15, -0.1) is 5.10 Å². The van der Waals surface area contributed by atoms with Gasteiger partial charge in [0.25, 0.3) is 0 Å². The summed E-state index contributed by atoms with van der Waals surface area (Å²) in [5.74, 6) is 0.837. The molecule has 2 aromatic carbocycles. The summed E-state index contributed by atoms with van der Waals surface area (Å²) in [5, 5.41) is 4.94. The highest BCUT2D eigenvalue weighted by Gasteiger charge is 2.13. The van der Waals surface area contributed by atoms with E-state index in [1.54, 1.807) is 30.3 Å². The Hall–Kier alpha value is -2.60. The number of methoxy groups -OCH3 is 1. The number of aromatic nitrogens is 3. The van der Waals surface area contributed by atoms with E-state index < -0.39 is 0 Å². The lowest BCUT2D eigenvalue weighted by atomic mass is 10.1. The van der Waals surface area contributed by atoms with Crippen molar-refractivity contribution in [3.05, 3.63) is 66.5 Å². The Kier molecular flexibility index (Phi) is 4.73. The highest BCUT2D eigenvalue weighted by atomic mass is 32.2. The number of nitrogens with zero attached hydrogens (tertiary/aromatic N) is 3. The van der Waals surface area contributed by atoms with Gasteiger partial charge < -0.3 is 4.74 Å². The van der Waals surface area contributed by atoms with Gasteiger partial charge in [0.05, 0.1) is 24.1 Å². The van der Waals surface area contributed by atoms with E-state index >= 15 is 0 Å². The topological polar surface area (TPSA) is 57.0 Å². The molecule has 23 heavy (non-hydrogen) atoms. The lowest BCUT2D eigenvalue weighted by molar-refractivity contribution is 0.101. The second-order valence-electron chi connectivity index (χ2n) is 4.72. The van der Waals surface area contributed by atoms with Gasteiger partial charge >= 0.3 is 0 Å². The summed E-state index contributed by atoms with van der Waals surface area (Å²) in [6.07, 6.45) is 1.64. The zero-order valence-corrected chi connectivity index (χ0v) is 13.4. The summed E-state index contributed by atoms with van der Waals surface area (Å²) < 4.78 is 6.91. The first-order valence-corrected chi connectivity index (χ1v) is 8.02. The standard InChI is InChI=1S/C17H15N3O2S/c1-22-16-10-6-5-9-14(16)15(21)11-23-17-18-12-20(19-17)13-7-3-2-4-8-13/h2-10,12H,11H2,1H3. The molecular weight excluding hydrogens is 310 g/mol. The monoisotopic (exact) mass is 325 g/mol. The summed E-state index contributed by atoms with van der Waals surface area (Å²) in [7, 11) is 1.56. The molecule has 6 heteroatoms. The first-order valence-electron chi connectivity index (χ1n) is 7.04. The lowest BCUT2D eigenvalue weighted by Gasteiger charge is -2.05. The van der Waals surface area contributed by atoms with Crippen LogP contribution in [-0.4, -0.2) is 33.4 Å². The quantitative estimate of drug-likeness (QED) is 0.514. The minimum Gasteiger partial charge on any atom is -0.496 e. The average molecular weight is 325 g/mol. The number of ether oxygens (including phenoxy) is 1. The Morgan fingerprint density at radius 2 is 1.87 bits per heavy atom. The van der Waals surface area contributed by atoms with E-state index in [0.717, 1.165) is 5.69 Å².